The largest absolute Gasteiger partial charge is 0.360 e. The Morgan fingerprint density at radius 1 is 0.974 bits per heavy atom. The SMILES string of the molecule is CCC(=NC)N1CCCC1.CCC(=O)c1cccs1.CCCCS(C)(=O)=O.Cc1cccc(S(C)(=O)=O)c1. The third-order valence-electron chi connectivity index (χ3n) is 5.45. The van der Waals surface area contributed by atoms with Gasteiger partial charge in [-0.3, -0.25) is 9.79 Å². The van der Waals surface area contributed by atoms with E-state index in [-0.39, 0.29) is 5.78 Å². The number of nitrogens with zero attached hydrogens (tertiary/aromatic N) is 2. The molecular weight excluding hydrogens is 541 g/mol. The number of Topliss-reactive ketones (excluding diaryl/α,β-unsaturated/α-hetero) is 1. The number of carbonyl (C=O) groups is 1. The quantitative estimate of drug-likeness (QED) is 0.221. The van der Waals surface area contributed by atoms with Crippen molar-refractivity contribution in [1.82, 2.24) is 4.90 Å². The second-order valence-electron chi connectivity index (χ2n) is 9.01. The normalized spacial score (nSPS) is 13.3. The number of rotatable bonds is 7. The number of carbonyl (C=O) groups excluding carboxylic acids is 1. The van der Waals surface area contributed by atoms with Crippen molar-refractivity contribution in [2.24, 2.45) is 4.99 Å². The first-order chi connectivity index (χ1) is 17.8. The van der Waals surface area contributed by atoms with Gasteiger partial charge in [0.25, 0.3) is 0 Å². The molecule has 7 nitrogen and oxygen atoms in total. The van der Waals surface area contributed by atoms with E-state index in [2.05, 4.69) is 16.8 Å². The Morgan fingerprint density at radius 2 is 1.61 bits per heavy atom. The van der Waals surface area contributed by atoms with Gasteiger partial charge in [-0.1, -0.05) is 45.4 Å². The highest BCUT2D eigenvalue weighted by molar-refractivity contribution is 7.91. The van der Waals surface area contributed by atoms with Crippen LogP contribution in [0.3, 0.4) is 0 Å². The number of ketones is 1. The number of thiophene rings is 1. The van der Waals surface area contributed by atoms with E-state index >= 15 is 0 Å². The Morgan fingerprint density at radius 3 is 1.95 bits per heavy atom. The first-order valence-electron chi connectivity index (χ1n) is 13.0. The van der Waals surface area contributed by atoms with Crippen LogP contribution in [0.4, 0.5) is 0 Å². The van der Waals surface area contributed by atoms with Crippen LogP contribution in [0.1, 0.15) is 74.5 Å². The number of unbranched alkanes of at least 4 members (excludes halogenated alkanes) is 1. The van der Waals surface area contributed by atoms with E-state index in [1.165, 1.54) is 55.6 Å². The molecule has 0 unspecified atom stereocenters. The fourth-order valence-electron chi connectivity index (χ4n) is 3.36. The van der Waals surface area contributed by atoms with E-state index in [1.54, 1.807) is 18.2 Å². The fraction of sp³-hybridized carbons (Fsp3) is 0.571. The molecule has 0 bridgehead atoms. The molecule has 1 aromatic heterocycles. The summed E-state index contributed by atoms with van der Waals surface area (Å²) < 4.78 is 42.8. The summed E-state index contributed by atoms with van der Waals surface area (Å²) >= 11 is 1.51. The summed E-state index contributed by atoms with van der Waals surface area (Å²) in [7, 11) is -3.83. The second kappa shape index (κ2) is 19.1. The van der Waals surface area contributed by atoms with Crippen LogP contribution in [0.15, 0.2) is 51.7 Å². The minimum Gasteiger partial charge on any atom is -0.360 e. The molecular formula is C28H46N2O5S3. The fourth-order valence-corrected chi connectivity index (χ4v) is 5.64. The average molecular weight is 587 g/mol. The third kappa shape index (κ3) is 16.7. The molecule has 216 valence electrons. The maximum absolute atomic E-state index is 11.0. The maximum atomic E-state index is 11.0. The smallest absolute Gasteiger partial charge is 0.175 e. The van der Waals surface area contributed by atoms with Crippen molar-refractivity contribution >= 4 is 42.6 Å². The molecule has 2 aromatic rings. The molecule has 2 heterocycles. The Hall–Kier alpha value is -2.04. The number of hydrogen-bond acceptors (Lipinski definition) is 7. The Labute approximate surface area is 235 Å². The van der Waals surface area contributed by atoms with Gasteiger partial charge >= 0.3 is 0 Å². The van der Waals surface area contributed by atoms with Crippen LogP contribution in [-0.4, -0.2) is 71.8 Å². The summed E-state index contributed by atoms with van der Waals surface area (Å²) in [6, 6.07) is 10.6. The van der Waals surface area contributed by atoms with Crippen LogP contribution in [0.25, 0.3) is 0 Å². The molecule has 38 heavy (non-hydrogen) atoms. The van der Waals surface area contributed by atoms with Crippen LogP contribution in [0, 0.1) is 6.92 Å². The van der Waals surface area contributed by atoms with Crippen LogP contribution < -0.4 is 0 Å². The number of sulfone groups is 2. The zero-order valence-corrected chi connectivity index (χ0v) is 26.5. The van der Waals surface area contributed by atoms with Crippen molar-refractivity contribution in [2.75, 3.05) is 38.4 Å². The molecule has 0 saturated carbocycles. The molecule has 10 heteroatoms. The van der Waals surface area contributed by atoms with Crippen molar-refractivity contribution in [3.63, 3.8) is 0 Å². The monoisotopic (exact) mass is 586 g/mol. The molecule has 0 amide bonds. The van der Waals surface area contributed by atoms with E-state index in [9.17, 15) is 21.6 Å². The average Bonchev–Trinajstić information content (AvgIpc) is 3.58. The van der Waals surface area contributed by atoms with Gasteiger partial charge in [0.1, 0.15) is 9.84 Å². The van der Waals surface area contributed by atoms with Gasteiger partial charge in [0.05, 0.1) is 15.6 Å². The van der Waals surface area contributed by atoms with Crippen molar-refractivity contribution in [3.8, 4) is 0 Å². The van der Waals surface area contributed by atoms with Crippen LogP contribution in [-0.2, 0) is 19.7 Å². The van der Waals surface area contributed by atoms with E-state index in [0.29, 0.717) is 17.1 Å². The van der Waals surface area contributed by atoms with Crippen LogP contribution >= 0.6 is 11.3 Å². The van der Waals surface area contributed by atoms with E-state index < -0.39 is 19.7 Å². The molecule has 1 aromatic carbocycles. The molecule has 1 aliphatic heterocycles. The van der Waals surface area contributed by atoms with E-state index in [4.69, 9.17) is 0 Å². The third-order valence-corrected chi connectivity index (χ3v) is 8.50. The summed E-state index contributed by atoms with van der Waals surface area (Å²) in [5.74, 6) is 1.85. The standard InChI is InChI=1S/C8H16N2.C8H10O2S.C7H8OS.C5H12O2S/c1-3-8(9-2)10-6-4-5-7-10;1-7-4-3-5-8(6-7)11(2,9)10;1-2-6(8)7-4-3-5-9-7;1-3-4-5-8(2,6)7/h3-7H2,1-2H3;3-6H,1-2H3;3-5H,2H2,1H3;3-5H2,1-2H3. The molecule has 0 aliphatic carbocycles. The van der Waals surface area contributed by atoms with Crippen molar-refractivity contribution in [2.45, 2.75) is 71.1 Å². The summed E-state index contributed by atoms with van der Waals surface area (Å²) in [5.41, 5.74) is 0.966. The molecule has 1 saturated heterocycles. The van der Waals surface area contributed by atoms with Gasteiger partial charge in [-0.25, -0.2) is 16.8 Å². The molecule has 3 rings (SSSR count). The minimum absolute atomic E-state index is 0.241. The zero-order chi connectivity index (χ0) is 29.2. The van der Waals surface area contributed by atoms with Gasteiger partial charge in [-0.2, -0.15) is 0 Å². The van der Waals surface area contributed by atoms with Gasteiger partial charge in [0.15, 0.2) is 15.6 Å². The first kappa shape index (κ1) is 36.0. The van der Waals surface area contributed by atoms with Gasteiger partial charge in [-0.05, 0) is 55.3 Å². The number of amidine groups is 1. The Balaban J connectivity index is 0.000000484. The Kier molecular flexibility index (Phi) is 18.1. The molecule has 1 aliphatic rings. The highest BCUT2D eigenvalue weighted by atomic mass is 32.2. The van der Waals surface area contributed by atoms with Gasteiger partial charge in [-0.15, -0.1) is 11.3 Å². The van der Waals surface area contributed by atoms with E-state index in [1.807, 2.05) is 51.4 Å². The molecule has 0 radical (unpaired) electrons. The second-order valence-corrected chi connectivity index (χ2v) is 14.2. The van der Waals surface area contributed by atoms with Crippen molar-refractivity contribution in [1.29, 1.82) is 0 Å². The minimum atomic E-state index is -3.03. The maximum Gasteiger partial charge on any atom is 0.175 e. The van der Waals surface area contributed by atoms with E-state index in [0.717, 1.165) is 29.7 Å². The lowest BCUT2D eigenvalue weighted by Gasteiger charge is -2.17. The molecule has 1 fully saturated rings. The summed E-state index contributed by atoms with van der Waals surface area (Å²) in [6.45, 7) is 10.3. The lowest BCUT2D eigenvalue weighted by atomic mass is 10.2. The first-order valence-corrected chi connectivity index (χ1v) is 17.8. The van der Waals surface area contributed by atoms with Gasteiger partial charge in [0.2, 0.25) is 0 Å². The molecule has 0 atom stereocenters. The van der Waals surface area contributed by atoms with Crippen molar-refractivity contribution < 1.29 is 21.6 Å². The molecule has 0 spiro atoms. The van der Waals surface area contributed by atoms with Crippen LogP contribution in [0.2, 0.25) is 0 Å². The number of aliphatic imine (C=N–C) groups is 1. The number of benzene rings is 1. The summed E-state index contributed by atoms with van der Waals surface area (Å²) in [4.78, 5) is 18.8. The summed E-state index contributed by atoms with van der Waals surface area (Å²) in [6.07, 6.45) is 8.60. The highest BCUT2D eigenvalue weighted by Crippen LogP contribution is 2.11. The Bertz CT molecular complexity index is 1170. The lowest BCUT2D eigenvalue weighted by Crippen LogP contribution is -2.26. The van der Waals surface area contributed by atoms with Crippen molar-refractivity contribution in [3.05, 3.63) is 52.2 Å². The summed E-state index contributed by atoms with van der Waals surface area (Å²) in [5, 5.41) is 1.92. The predicted octanol–water partition coefficient (Wildman–Crippen LogP) is 6.09. The van der Waals surface area contributed by atoms with Crippen LogP contribution in [0.5, 0.6) is 0 Å². The number of aryl methyl sites for hydroxylation is 1. The number of likely N-dealkylation sites (tertiary alicyclic amines) is 1. The lowest BCUT2D eigenvalue weighted by molar-refractivity contribution is 0.0992. The van der Waals surface area contributed by atoms with Gasteiger partial charge in [0, 0.05) is 51.2 Å². The molecule has 0 N–H and O–H groups in total. The predicted molar refractivity (Wildman–Crippen MR) is 162 cm³/mol. The zero-order valence-electron chi connectivity index (χ0n) is 24.1. The topological polar surface area (TPSA) is 101 Å². The highest BCUT2D eigenvalue weighted by Gasteiger charge is 2.13. The number of hydrogen-bond donors (Lipinski definition) is 0. The van der Waals surface area contributed by atoms with Gasteiger partial charge < -0.3 is 4.90 Å².